The molecule has 10 heteroatoms. The van der Waals surface area contributed by atoms with Crippen molar-refractivity contribution >= 4 is 27.7 Å². The summed E-state index contributed by atoms with van der Waals surface area (Å²) in [4.78, 5) is 14.1. The molecule has 9 nitrogen and oxygen atoms in total. The van der Waals surface area contributed by atoms with Gasteiger partial charge in [-0.25, -0.2) is 8.42 Å². The van der Waals surface area contributed by atoms with Gasteiger partial charge in [0.05, 0.1) is 29.5 Å². The largest absolute Gasteiger partial charge is 0.379 e. The Morgan fingerprint density at radius 1 is 1.09 bits per heavy atom. The quantitative estimate of drug-likeness (QED) is 0.496. The third-order valence-electron chi connectivity index (χ3n) is 6.40. The summed E-state index contributed by atoms with van der Waals surface area (Å²) in [6, 6.07) is 9.00. The lowest BCUT2D eigenvalue weighted by Crippen LogP contribution is -2.40. The number of benzene rings is 1. The van der Waals surface area contributed by atoms with Crippen LogP contribution in [0.15, 0.2) is 34.7 Å². The monoisotopic (exact) mass is 483 g/mol. The fourth-order valence-corrected chi connectivity index (χ4v) is 6.05. The zero-order valence-electron chi connectivity index (χ0n) is 19.5. The van der Waals surface area contributed by atoms with Gasteiger partial charge in [-0.15, -0.1) is 0 Å². The molecule has 2 saturated heterocycles. The average Bonchev–Trinajstić information content (AvgIpc) is 3.45. The number of nitriles is 1. The second-order valence-corrected chi connectivity index (χ2v) is 10.5. The van der Waals surface area contributed by atoms with E-state index in [4.69, 9.17) is 10.5 Å². The molecule has 180 valence electrons. The number of aryl methyl sites for hydroxylation is 1. The molecule has 1 aromatic carbocycles. The molecular formula is C24H29N5O4S. The molecule has 0 aliphatic carbocycles. The molecule has 0 atom stereocenters. The highest BCUT2D eigenvalue weighted by molar-refractivity contribution is 7.89. The first kappa shape index (κ1) is 24.0. The van der Waals surface area contributed by atoms with Gasteiger partial charge in [-0.1, -0.05) is 0 Å². The number of amides is 1. The molecule has 0 bridgehead atoms. The smallest absolute Gasteiger partial charge is 0.259 e. The van der Waals surface area contributed by atoms with Gasteiger partial charge in [0.25, 0.3) is 5.91 Å². The fraction of sp³-hybridized carbons (Fsp3) is 0.417. The summed E-state index contributed by atoms with van der Waals surface area (Å²) in [5.74, 6) is -0.788. The highest BCUT2D eigenvalue weighted by Crippen LogP contribution is 2.34. The van der Waals surface area contributed by atoms with Crippen LogP contribution >= 0.6 is 0 Å². The third-order valence-corrected chi connectivity index (χ3v) is 8.29. The van der Waals surface area contributed by atoms with E-state index in [9.17, 15) is 18.5 Å². The molecule has 0 saturated carbocycles. The number of anilines is 1. The van der Waals surface area contributed by atoms with E-state index in [1.807, 2.05) is 36.6 Å². The SMILES string of the molecule is Cc1cc(/C=C(\C#N)C(N)=O)c(C)n1-c1cc(S(=O)(=O)N2CCOCC2)ccc1N1CCCC1. The van der Waals surface area contributed by atoms with Crippen molar-refractivity contribution in [2.75, 3.05) is 44.3 Å². The number of hydrogen-bond donors (Lipinski definition) is 1. The minimum absolute atomic E-state index is 0.135. The fourth-order valence-electron chi connectivity index (χ4n) is 4.62. The molecule has 0 radical (unpaired) electrons. The van der Waals surface area contributed by atoms with Crippen molar-refractivity contribution in [2.45, 2.75) is 31.6 Å². The molecule has 2 N–H and O–H groups in total. The average molecular weight is 484 g/mol. The predicted octanol–water partition coefficient (Wildman–Crippen LogP) is 2.11. The van der Waals surface area contributed by atoms with Crippen LogP contribution in [0, 0.1) is 25.2 Å². The van der Waals surface area contributed by atoms with E-state index in [0.29, 0.717) is 31.9 Å². The summed E-state index contributed by atoms with van der Waals surface area (Å²) in [5.41, 5.74) is 9.21. The Balaban J connectivity index is 1.87. The first-order valence-electron chi connectivity index (χ1n) is 11.3. The Labute approximate surface area is 200 Å². The Kier molecular flexibility index (Phi) is 6.79. The number of aromatic nitrogens is 1. The molecular weight excluding hydrogens is 454 g/mol. The number of nitrogens with zero attached hydrogens (tertiary/aromatic N) is 4. The van der Waals surface area contributed by atoms with Crippen LogP contribution in [0.5, 0.6) is 0 Å². The van der Waals surface area contributed by atoms with Crippen LogP contribution in [0.3, 0.4) is 0 Å². The van der Waals surface area contributed by atoms with Crippen molar-refractivity contribution in [3.63, 3.8) is 0 Å². The van der Waals surface area contributed by atoms with Gasteiger partial charge in [0.2, 0.25) is 10.0 Å². The van der Waals surface area contributed by atoms with Crippen LogP contribution in [0.2, 0.25) is 0 Å². The lowest BCUT2D eigenvalue weighted by molar-refractivity contribution is -0.114. The number of morpholine rings is 1. The molecule has 0 unspecified atom stereocenters. The molecule has 34 heavy (non-hydrogen) atoms. The molecule has 4 rings (SSSR count). The number of hydrogen-bond acceptors (Lipinski definition) is 6. The van der Waals surface area contributed by atoms with Gasteiger partial charge in [-0.2, -0.15) is 9.57 Å². The van der Waals surface area contributed by atoms with Crippen LogP contribution in [-0.2, 0) is 19.6 Å². The normalized spacial score (nSPS) is 17.7. The van der Waals surface area contributed by atoms with E-state index < -0.39 is 15.9 Å². The lowest BCUT2D eigenvalue weighted by Gasteiger charge is -2.28. The topological polar surface area (TPSA) is 122 Å². The molecule has 0 spiro atoms. The molecule has 2 aromatic rings. The van der Waals surface area contributed by atoms with E-state index in [1.54, 1.807) is 12.1 Å². The summed E-state index contributed by atoms with van der Waals surface area (Å²) in [5, 5.41) is 9.27. The number of carbonyl (C=O) groups excluding carboxylic acids is 1. The summed E-state index contributed by atoms with van der Waals surface area (Å²) < 4.78 is 35.5. The lowest BCUT2D eigenvalue weighted by atomic mass is 10.1. The van der Waals surface area contributed by atoms with E-state index in [2.05, 4.69) is 4.90 Å². The number of nitrogens with two attached hydrogens (primary N) is 1. The van der Waals surface area contributed by atoms with Gasteiger partial charge in [-0.05, 0) is 62.6 Å². The van der Waals surface area contributed by atoms with E-state index in [0.717, 1.165) is 48.7 Å². The maximum atomic E-state index is 13.4. The van der Waals surface area contributed by atoms with Crippen LogP contribution in [0.25, 0.3) is 11.8 Å². The number of carbonyl (C=O) groups is 1. The van der Waals surface area contributed by atoms with Crippen molar-refractivity contribution < 1.29 is 17.9 Å². The minimum Gasteiger partial charge on any atom is -0.379 e. The number of rotatable bonds is 6. The van der Waals surface area contributed by atoms with Gasteiger partial charge in [0.15, 0.2) is 0 Å². The number of ether oxygens (including phenoxy) is 1. The molecule has 3 heterocycles. The first-order chi connectivity index (χ1) is 16.2. The third kappa shape index (κ3) is 4.46. The van der Waals surface area contributed by atoms with Gasteiger partial charge >= 0.3 is 0 Å². The molecule has 2 aliphatic rings. The summed E-state index contributed by atoms with van der Waals surface area (Å²) in [7, 11) is -3.68. The van der Waals surface area contributed by atoms with Crippen molar-refractivity contribution in [1.29, 1.82) is 5.26 Å². The number of sulfonamides is 1. The highest BCUT2D eigenvalue weighted by atomic mass is 32.2. The zero-order valence-corrected chi connectivity index (χ0v) is 20.3. The minimum atomic E-state index is -3.68. The summed E-state index contributed by atoms with van der Waals surface area (Å²) in [6.07, 6.45) is 3.63. The van der Waals surface area contributed by atoms with Crippen LogP contribution in [-0.4, -0.2) is 62.6 Å². The highest BCUT2D eigenvalue weighted by Gasteiger charge is 2.29. The Bertz CT molecular complexity index is 1280. The second kappa shape index (κ2) is 9.62. The van der Waals surface area contributed by atoms with Crippen LogP contribution < -0.4 is 10.6 Å². The van der Waals surface area contributed by atoms with E-state index >= 15 is 0 Å². The Morgan fingerprint density at radius 3 is 2.38 bits per heavy atom. The van der Waals surface area contributed by atoms with Crippen molar-refractivity contribution in [3.8, 4) is 11.8 Å². The summed E-state index contributed by atoms with van der Waals surface area (Å²) >= 11 is 0. The maximum Gasteiger partial charge on any atom is 0.259 e. The molecule has 1 amide bonds. The van der Waals surface area contributed by atoms with Crippen molar-refractivity contribution in [2.24, 2.45) is 5.73 Å². The van der Waals surface area contributed by atoms with Crippen LogP contribution in [0.1, 0.15) is 29.8 Å². The first-order valence-corrected chi connectivity index (χ1v) is 12.8. The van der Waals surface area contributed by atoms with Gasteiger partial charge in [0.1, 0.15) is 11.6 Å². The van der Waals surface area contributed by atoms with Crippen molar-refractivity contribution in [3.05, 3.63) is 46.8 Å². The van der Waals surface area contributed by atoms with Crippen molar-refractivity contribution in [1.82, 2.24) is 8.87 Å². The second-order valence-electron chi connectivity index (χ2n) is 8.56. The Morgan fingerprint density at radius 2 is 1.76 bits per heavy atom. The predicted molar refractivity (Wildman–Crippen MR) is 129 cm³/mol. The molecule has 2 aliphatic heterocycles. The van der Waals surface area contributed by atoms with E-state index in [-0.39, 0.29) is 10.5 Å². The van der Waals surface area contributed by atoms with E-state index in [1.165, 1.54) is 10.4 Å². The van der Waals surface area contributed by atoms with Gasteiger partial charge in [-0.3, -0.25) is 4.79 Å². The summed E-state index contributed by atoms with van der Waals surface area (Å²) in [6.45, 7) is 7.00. The standard InChI is InChI=1S/C24H29N5O4S/c1-17-13-19(14-20(16-25)24(26)30)18(2)29(17)23-15-21(5-6-22(23)27-7-3-4-8-27)34(31,32)28-9-11-33-12-10-28/h5-6,13-15H,3-4,7-12H2,1-2H3,(H2,26,30)/b20-14+. The van der Waals surface area contributed by atoms with Gasteiger partial charge < -0.3 is 19.9 Å². The zero-order chi connectivity index (χ0) is 24.5. The van der Waals surface area contributed by atoms with Crippen LogP contribution in [0.4, 0.5) is 5.69 Å². The van der Waals surface area contributed by atoms with Gasteiger partial charge in [0, 0.05) is 37.6 Å². The molecule has 2 fully saturated rings. The Hall–Kier alpha value is -3.13. The number of primary amides is 1. The maximum absolute atomic E-state index is 13.4. The molecule has 1 aromatic heterocycles.